The zero-order valence-corrected chi connectivity index (χ0v) is 22.1. The molecule has 2 aromatic heterocycles. The van der Waals surface area contributed by atoms with Crippen molar-refractivity contribution in [2.45, 2.75) is 44.1 Å². The second-order valence-corrected chi connectivity index (χ2v) is 10.2. The number of carbonyl (C=O) groups is 1. The normalized spacial score (nSPS) is 17.4. The van der Waals surface area contributed by atoms with Crippen LogP contribution in [0.4, 0.5) is 13.2 Å². The molecule has 1 saturated heterocycles. The van der Waals surface area contributed by atoms with Gasteiger partial charge in [0, 0.05) is 35.0 Å². The van der Waals surface area contributed by atoms with Gasteiger partial charge in [-0.3, -0.25) is 19.4 Å². The Morgan fingerprint density at radius 1 is 1.02 bits per heavy atom. The van der Waals surface area contributed by atoms with Crippen LogP contribution in [0.1, 0.15) is 46.1 Å². The van der Waals surface area contributed by atoms with Gasteiger partial charge in [0.15, 0.2) is 0 Å². The molecule has 2 aromatic carbocycles. The molecule has 6 rings (SSSR count). The number of nitrogens with zero attached hydrogens (tertiary/aromatic N) is 4. The van der Waals surface area contributed by atoms with Crippen LogP contribution in [-0.4, -0.2) is 51.6 Å². The lowest BCUT2D eigenvalue weighted by molar-refractivity contribution is -0.137. The molecule has 1 aliphatic heterocycles. The molecule has 4 aromatic rings. The fourth-order valence-electron chi connectivity index (χ4n) is 4.84. The van der Waals surface area contributed by atoms with Crippen LogP contribution < -0.4 is 5.32 Å². The van der Waals surface area contributed by atoms with Crippen LogP contribution in [0.15, 0.2) is 67.1 Å². The number of aromatic nitrogens is 4. The molecule has 0 unspecified atom stereocenters. The van der Waals surface area contributed by atoms with Gasteiger partial charge < -0.3 is 14.8 Å². The van der Waals surface area contributed by atoms with E-state index in [0.29, 0.717) is 43.5 Å². The second-order valence-electron chi connectivity index (χ2n) is 10.2. The van der Waals surface area contributed by atoms with Gasteiger partial charge in [0.2, 0.25) is 0 Å². The summed E-state index contributed by atoms with van der Waals surface area (Å²) in [5, 5.41) is 7.21. The first-order valence-corrected chi connectivity index (χ1v) is 13.5. The van der Waals surface area contributed by atoms with Crippen LogP contribution in [0.3, 0.4) is 0 Å². The Morgan fingerprint density at radius 3 is 2.54 bits per heavy atom. The van der Waals surface area contributed by atoms with Gasteiger partial charge >= 0.3 is 6.18 Å². The summed E-state index contributed by atoms with van der Waals surface area (Å²) in [6.07, 6.45) is 2.20. The molecule has 0 bridgehead atoms. The molecule has 1 saturated carbocycles. The molecule has 1 amide bonds. The van der Waals surface area contributed by atoms with Gasteiger partial charge in [0.1, 0.15) is 11.8 Å². The summed E-state index contributed by atoms with van der Waals surface area (Å²) in [6, 6.07) is 12.7. The zero-order valence-electron chi connectivity index (χ0n) is 22.1. The molecule has 2 aliphatic rings. The van der Waals surface area contributed by atoms with Gasteiger partial charge in [-0.05, 0) is 30.5 Å². The number of amides is 1. The number of nitrogens with one attached hydrogen (secondary N) is 1. The summed E-state index contributed by atoms with van der Waals surface area (Å²) in [6.45, 7) is 1.71. The molecule has 1 N–H and O–H groups in total. The average molecular weight is 564 g/mol. The summed E-state index contributed by atoms with van der Waals surface area (Å²) in [7, 11) is 0. The summed E-state index contributed by atoms with van der Waals surface area (Å²) in [4.78, 5) is 21.6. The topological polar surface area (TPSA) is 91.2 Å². The van der Waals surface area contributed by atoms with E-state index in [1.165, 1.54) is 12.1 Å². The summed E-state index contributed by atoms with van der Waals surface area (Å²) < 4.78 is 56.1. The van der Waals surface area contributed by atoms with Crippen molar-refractivity contribution in [1.29, 1.82) is 0 Å². The Balaban J connectivity index is 1.29. The van der Waals surface area contributed by atoms with Crippen LogP contribution >= 0.6 is 0 Å². The SMILES string of the molecule is O=C(NCc1cnc(C2CC2)cn1)c1ccc(-c2nn(C[C@H]3COCCO3)cc2-c2ccccc2)c(C(F)(F)F)c1. The molecule has 1 atom stereocenters. The third-order valence-electron chi connectivity index (χ3n) is 7.12. The highest BCUT2D eigenvalue weighted by molar-refractivity contribution is 5.95. The standard InChI is InChI=1S/C30H28F3N5O3/c31-30(32,33)26-12-21(29(39)36-14-22-13-35-27(15-34-22)20-6-7-20)8-9-24(26)28-25(19-4-2-1-3-5-19)17-38(37-28)16-23-18-40-10-11-41-23/h1-5,8-9,12-13,15,17,20,23H,6-7,10-11,14,16,18H2,(H,36,39)/t23-/m0/s1. The highest BCUT2D eigenvalue weighted by atomic mass is 19.4. The van der Waals surface area contributed by atoms with E-state index >= 15 is 0 Å². The minimum atomic E-state index is -4.73. The Labute approximate surface area is 234 Å². The van der Waals surface area contributed by atoms with E-state index < -0.39 is 17.6 Å². The number of benzene rings is 2. The fraction of sp³-hybridized carbons (Fsp3) is 0.333. The quantitative estimate of drug-likeness (QED) is 0.315. The van der Waals surface area contributed by atoms with Crippen molar-refractivity contribution < 1.29 is 27.4 Å². The molecule has 11 heteroatoms. The zero-order chi connectivity index (χ0) is 28.4. The van der Waals surface area contributed by atoms with Crippen molar-refractivity contribution in [3.63, 3.8) is 0 Å². The lowest BCUT2D eigenvalue weighted by Crippen LogP contribution is -2.32. The second kappa shape index (κ2) is 11.4. The number of hydrogen-bond donors (Lipinski definition) is 1. The molecule has 2 fully saturated rings. The largest absolute Gasteiger partial charge is 0.417 e. The molecule has 1 aliphatic carbocycles. The van der Waals surface area contributed by atoms with E-state index in [0.717, 1.165) is 30.2 Å². The first-order chi connectivity index (χ1) is 19.8. The van der Waals surface area contributed by atoms with Crippen molar-refractivity contribution in [2.24, 2.45) is 0 Å². The maximum Gasteiger partial charge on any atom is 0.417 e. The summed E-state index contributed by atoms with van der Waals surface area (Å²) in [5.74, 6) is -0.188. The van der Waals surface area contributed by atoms with Gasteiger partial charge in [0.05, 0.1) is 56.1 Å². The van der Waals surface area contributed by atoms with Crippen LogP contribution in [0, 0.1) is 0 Å². The smallest absolute Gasteiger partial charge is 0.376 e. The van der Waals surface area contributed by atoms with Gasteiger partial charge in [-0.15, -0.1) is 0 Å². The predicted octanol–water partition coefficient (Wildman–Crippen LogP) is 5.25. The molecular formula is C30H28F3N5O3. The van der Waals surface area contributed by atoms with E-state index in [1.54, 1.807) is 23.3 Å². The van der Waals surface area contributed by atoms with Gasteiger partial charge in [0.25, 0.3) is 5.91 Å². The number of hydrogen-bond acceptors (Lipinski definition) is 6. The van der Waals surface area contributed by atoms with Crippen LogP contribution in [0.25, 0.3) is 22.4 Å². The van der Waals surface area contributed by atoms with Crippen molar-refractivity contribution in [3.8, 4) is 22.4 Å². The summed E-state index contributed by atoms with van der Waals surface area (Å²) in [5.41, 5.74) is 1.70. The Morgan fingerprint density at radius 2 is 1.85 bits per heavy atom. The third-order valence-corrected chi connectivity index (χ3v) is 7.12. The average Bonchev–Trinajstić information content (AvgIpc) is 3.76. The molecule has 41 heavy (non-hydrogen) atoms. The monoisotopic (exact) mass is 563 g/mol. The van der Waals surface area contributed by atoms with E-state index in [1.807, 2.05) is 30.3 Å². The lowest BCUT2D eigenvalue weighted by Gasteiger charge is -2.22. The van der Waals surface area contributed by atoms with Crippen LogP contribution in [0.2, 0.25) is 0 Å². The number of ether oxygens (including phenoxy) is 2. The number of alkyl halides is 3. The number of carbonyl (C=O) groups excluding carboxylic acids is 1. The van der Waals surface area contributed by atoms with E-state index in [4.69, 9.17) is 9.47 Å². The minimum absolute atomic E-state index is 0.0510. The van der Waals surface area contributed by atoms with E-state index in [2.05, 4.69) is 20.4 Å². The Kier molecular flexibility index (Phi) is 7.55. The van der Waals surface area contributed by atoms with E-state index in [9.17, 15) is 18.0 Å². The summed E-state index contributed by atoms with van der Waals surface area (Å²) >= 11 is 0. The lowest BCUT2D eigenvalue weighted by atomic mass is 9.96. The van der Waals surface area contributed by atoms with Gasteiger partial charge in [-0.2, -0.15) is 18.3 Å². The fourth-order valence-corrected chi connectivity index (χ4v) is 4.84. The molecule has 212 valence electrons. The predicted molar refractivity (Wildman–Crippen MR) is 144 cm³/mol. The highest BCUT2D eigenvalue weighted by Gasteiger charge is 2.36. The first-order valence-electron chi connectivity index (χ1n) is 13.5. The number of halogens is 3. The van der Waals surface area contributed by atoms with Crippen LogP contribution in [0.5, 0.6) is 0 Å². The van der Waals surface area contributed by atoms with Crippen molar-refractivity contribution >= 4 is 5.91 Å². The molecular weight excluding hydrogens is 535 g/mol. The van der Waals surface area contributed by atoms with Gasteiger partial charge in [-0.25, -0.2) is 0 Å². The molecule has 3 heterocycles. The molecule has 8 nitrogen and oxygen atoms in total. The van der Waals surface area contributed by atoms with Crippen molar-refractivity contribution in [2.75, 3.05) is 19.8 Å². The maximum absolute atomic E-state index is 14.4. The van der Waals surface area contributed by atoms with Crippen LogP contribution in [-0.2, 0) is 28.7 Å². The third kappa shape index (κ3) is 6.31. The highest BCUT2D eigenvalue weighted by Crippen LogP contribution is 2.41. The maximum atomic E-state index is 14.4. The first kappa shape index (κ1) is 27.1. The van der Waals surface area contributed by atoms with Gasteiger partial charge in [-0.1, -0.05) is 36.4 Å². The van der Waals surface area contributed by atoms with Crippen molar-refractivity contribution in [1.82, 2.24) is 25.1 Å². The van der Waals surface area contributed by atoms with E-state index in [-0.39, 0.29) is 29.5 Å². The Bertz CT molecular complexity index is 1510. The van der Waals surface area contributed by atoms with Crippen molar-refractivity contribution in [3.05, 3.63) is 89.6 Å². The molecule has 0 spiro atoms. The Hall–Kier alpha value is -4.09. The minimum Gasteiger partial charge on any atom is -0.376 e. The number of rotatable bonds is 8. The molecule has 0 radical (unpaired) electrons.